The highest BCUT2D eigenvalue weighted by molar-refractivity contribution is 5.28. The molecule has 0 heterocycles. The van der Waals surface area contributed by atoms with E-state index in [9.17, 15) is 0 Å². The van der Waals surface area contributed by atoms with Gasteiger partial charge in [-0.1, -0.05) is 12.1 Å². The molecule has 0 radical (unpaired) electrons. The summed E-state index contributed by atoms with van der Waals surface area (Å²) >= 11 is 0. The average Bonchev–Trinajstić information content (AvgIpc) is 2.38. The molecule has 3 heteroatoms. The van der Waals surface area contributed by atoms with Gasteiger partial charge in [0.25, 0.3) is 0 Å². The van der Waals surface area contributed by atoms with E-state index in [1.807, 2.05) is 12.1 Å². The number of methoxy groups -OCH3 is 1. The van der Waals surface area contributed by atoms with E-state index < -0.39 is 0 Å². The molecular weight excluding hydrogens is 224 g/mol. The van der Waals surface area contributed by atoms with Crippen molar-refractivity contribution in [1.29, 1.82) is 0 Å². The van der Waals surface area contributed by atoms with Gasteiger partial charge < -0.3 is 15.0 Å². The van der Waals surface area contributed by atoms with Crippen LogP contribution in [0.15, 0.2) is 24.3 Å². The summed E-state index contributed by atoms with van der Waals surface area (Å²) in [7, 11) is 3.85. The first-order chi connectivity index (χ1) is 8.54. The van der Waals surface area contributed by atoms with Crippen LogP contribution in [0.5, 0.6) is 5.75 Å². The number of hydrogen-bond donors (Lipinski definition) is 1. The predicted octanol–water partition coefficient (Wildman–Crippen LogP) is 2.69. The molecule has 0 aliphatic heterocycles. The molecule has 3 nitrogen and oxygen atoms in total. The lowest BCUT2D eigenvalue weighted by molar-refractivity contribution is 0.270. The molecule has 1 N–H and O–H groups in total. The molecule has 1 aromatic rings. The van der Waals surface area contributed by atoms with Gasteiger partial charge in [0.15, 0.2) is 0 Å². The molecule has 102 valence electrons. The van der Waals surface area contributed by atoms with Gasteiger partial charge in [-0.2, -0.15) is 0 Å². The quantitative estimate of drug-likeness (QED) is 0.805. The predicted molar refractivity (Wildman–Crippen MR) is 77.2 cm³/mol. The van der Waals surface area contributed by atoms with Gasteiger partial charge in [-0.25, -0.2) is 0 Å². The highest BCUT2D eigenvalue weighted by Gasteiger charge is 2.06. The summed E-state index contributed by atoms with van der Waals surface area (Å²) in [4.78, 5) is 2.34. The number of rotatable bonds is 7. The Morgan fingerprint density at radius 3 is 2.28 bits per heavy atom. The molecular formula is C15H26N2O. The number of nitrogens with zero attached hydrogens (tertiary/aromatic N) is 1. The van der Waals surface area contributed by atoms with Crippen LogP contribution in [0.4, 0.5) is 0 Å². The average molecular weight is 250 g/mol. The molecule has 0 bridgehead atoms. The van der Waals surface area contributed by atoms with Crippen LogP contribution in [0.3, 0.4) is 0 Å². The van der Waals surface area contributed by atoms with Crippen LogP contribution in [-0.2, 0) is 0 Å². The number of nitrogens with one attached hydrogen (secondary N) is 1. The second-order valence-electron chi connectivity index (χ2n) is 5.02. The summed E-state index contributed by atoms with van der Waals surface area (Å²) in [5, 5.41) is 3.54. The Balaban J connectivity index is 2.37. The molecule has 0 amide bonds. The Hall–Kier alpha value is -1.06. The first-order valence-corrected chi connectivity index (χ1v) is 6.62. The Morgan fingerprint density at radius 2 is 1.78 bits per heavy atom. The smallest absolute Gasteiger partial charge is 0.118 e. The molecule has 0 aliphatic rings. The third kappa shape index (κ3) is 4.67. The van der Waals surface area contributed by atoms with Gasteiger partial charge >= 0.3 is 0 Å². The van der Waals surface area contributed by atoms with Gasteiger partial charge in [-0.3, -0.25) is 0 Å². The maximum Gasteiger partial charge on any atom is 0.118 e. The van der Waals surface area contributed by atoms with E-state index in [1.54, 1.807) is 7.11 Å². The third-order valence-corrected chi connectivity index (χ3v) is 3.41. The Morgan fingerprint density at radius 1 is 1.17 bits per heavy atom. The molecule has 1 atom stereocenters. The summed E-state index contributed by atoms with van der Waals surface area (Å²) in [5.74, 6) is 0.908. The maximum absolute atomic E-state index is 5.16. The van der Waals surface area contributed by atoms with Crippen molar-refractivity contribution in [2.45, 2.75) is 32.9 Å². The van der Waals surface area contributed by atoms with E-state index in [-0.39, 0.29) is 0 Å². The van der Waals surface area contributed by atoms with Crippen LogP contribution in [0.2, 0.25) is 0 Å². The first-order valence-electron chi connectivity index (χ1n) is 6.62. The normalized spacial score (nSPS) is 13.1. The highest BCUT2D eigenvalue weighted by atomic mass is 16.5. The molecule has 0 saturated carbocycles. The van der Waals surface area contributed by atoms with Crippen molar-refractivity contribution in [3.63, 3.8) is 0 Å². The Kier molecular flexibility index (Phi) is 6.16. The number of benzene rings is 1. The fraction of sp³-hybridized carbons (Fsp3) is 0.600. The molecule has 0 fully saturated rings. The van der Waals surface area contributed by atoms with Crippen molar-refractivity contribution < 1.29 is 4.74 Å². The zero-order chi connectivity index (χ0) is 13.5. The van der Waals surface area contributed by atoms with E-state index in [1.165, 1.54) is 5.56 Å². The molecule has 1 unspecified atom stereocenters. The number of likely N-dealkylation sites (N-methyl/N-ethyl adjacent to an activating group) is 1. The van der Waals surface area contributed by atoms with Crippen LogP contribution in [-0.4, -0.2) is 38.2 Å². The van der Waals surface area contributed by atoms with Crippen molar-refractivity contribution in [2.24, 2.45) is 0 Å². The molecule has 0 saturated heterocycles. The summed E-state index contributed by atoms with van der Waals surface area (Å²) in [6, 6.07) is 9.21. The van der Waals surface area contributed by atoms with Crippen molar-refractivity contribution in [3.05, 3.63) is 29.8 Å². The third-order valence-electron chi connectivity index (χ3n) is 3.41. The largest absolute Gasteiger partial charge is 0.497 e. The monoisotopic (exact) mass is 250 g/mol. The molecule has 0 aliphatic carbocycles. The lowest BCUT2D eigenvalue weighted by atomic mass is 10.1. The van der Waals surface area contributed by atoms with Crippen molar-refractivity contribution >= 4 is 0 Å². The molecule has 18 heavy (non-hydrogen) atoms. The van der Waals surface area contributed by atoms with E-state index in [0.29, 0.717) is 12.1 Å². The van der Waals surface area contributed by atoms with Gasteiger partial charge in [-0.15, -0.1) is 0 Å². The highest BCUT2D eigenvalue weighted by Crippen LogP contribution is 2.16. The molecule has 0 spiro atoms. The maximum atomic E-state index is 5.16. The molecule has 0 aromatic heterocycles. The summed E-state index contributed by atoms with van der Waals surface area (Å²) in [6.45, 7) is 8.69. The van der Waals surface area contributed by atoms with Gasteiger partial charge in [0.1, 0.15) is 5.75 Å². The van der Waals surface area contributed by atoms with Gasteiger partial charge in [0.2, 0.25) is 0 Å². The van der Waals surface area contributed by atoms with Crippen LogP contribution in [0, 0.1) is 0 Å². The van der Waals surface area contributed by atoms with E-state index >= 15 is 0 Å². The van der Waals surface area contributed by atoms with Crippen LogP contribution in [0.25, 0.3) is 0 Å². The van der Waals surface area contributed by atoms with Gasteiger partial charge in [0.05, 0.1) is 7.11 Å². The van der Waals surface area contributed by atoms with E-state index in [4.69, 9.17) is 4.74 Å². The lowest BCUT2D eigenvalue weighted by Crippen LogP contribution is -2.34. The standard InChI is InChI=1S/C15H26N2O/c1-12(2)17(4)11-10-16-13(3)14-6-8-15(18-5)9-7-14/h6-9,12-13,16H,10-11H2,1-5H3. The minimum absolute atomic E-state index is 0.372. The van der Waals surface area contributed by atoms with Crippen LogP contribution >= 0.6 is 0 Å². The summed E-state index contributed by atoms with van der Waals surface area (Å²) in [5.41, 5.74) is 1.29. The number of hydrogen-bond acceptors (Lipinski definition) is 3. The summed E-state index contributed by atoms with van der Waals surface area (Å²) < 4.78 is 5.16. The van der Waals surface area contributed by atoms with Gasteiger partial charge in [-0.05, 0) is 45.5 Å². The fourth-order valence-corrected chi connectivity index (χ4v) is 1.73. The fourth-order valence-electron chi connectivity index (χ4n) is 1.73. The SMILES string of the molecule is COc1ccc(C(C)NCCN(C)C(C)C)cc1. The van der Waals surface area contributed by atoms with Crippen molar-refractivity contribution in [1.82, 2.24) is 10.2 Å². The number of ether oxygens (including phenoxy) is 1. The first kappa shape index (κ1) is 15.0. The van der Waals surface area contributed by atoms with Gasteiger partial charge in [0, 0.05) is 25.2 Å². The molecule has 1 rings (SSSR count). The second kappa shape index (κ2) is 7.39. The molecule has 1 aromatic carbocycles. The zero-order valence-electron chi connectivity index (χ0n) is 12.2. The van der Waals surface area contributed by atoms with Crippen molar-refractivity contribution in [2.75, 3.05) is 27.2 Å². The Labute approximate surface area is 111 Å². The minimum Gasteiger partial charge on any atom is -0.497 e. The zero-order valence-corrected chi connectivity index (χ0v) is 12.2. The van der Waals surface area contributed by atoms with E-state index in [2.05, 4.69) is 50.2 Å². The summed E-state index contributed by atoms with van der Waals surface area (Å²) in [6.07, 6.45) is 0. The van der Waals surface area contributed by atoms with Crippen molar-refractivity contribution in [3.8, 4) is 5.75 Å². The Bertz CT molecular complexity index is 335. The minimum atomic E-state index is 0.372. The van der Waals surface area contributed by atoms with Crippen LogP contribution < -0.4 is 10.1 Å². The van der Waals surface area contributed by atoms with E-state index in [0.717, 1.165) is 18.8 Å². The van der Waals surface area contributed by atoms with Crippen LogP contribution in [0.1, 0.15) is 32.4 Å². The lowest BCUT2D eigenvalue weighted by Gasteiger charge is -2.22. The second-order valence-corrected chi connectivity index (χ2v) is 5.02. The topological polar surface area (TPSA) is 24.5 Å².